The highest BCUT2D eigenvalue weighted by Gasteiger charge is 2.12. The third-order valence-electron chi connectivity index (χ3n) is 2.08. The van der Waals surface area contributed by atoms with E-state index in [4.69, 9.17) is 10.5 Å². The van der Waals surface area contributed by atoms with Gasteiger partial charge in [0.2, 0.25) is 5.91 Å². The Labute approximate surface area is 93.6 Å². The van der Waals surface area contributed by atoms with Gasteiger partial charge in [-0.25, -0.2) is 4.39 Å². The van der Waals surface area contributed by atoms with Crippen LogP contribution in [0, 0.1) is 5.82 Å². The first kappa shape index (κ1) is 12.6. The Bertz CT molecular complexity index is 340. The first-order chi connectivity index (χ1) is 7.63. The van der Waals surface area contributed by atoms with E-state index in [-0.39, 0.29) is 11.7 Å². The minimum atomic E-state index is -0.620. The van der Waals surface area contributed by atoms with Gasteiger partial charge >= 0.3 is 0 Å². The van der Waals surface area contributed by atoms with Crippen LogP contribution in [0.25, 0.3) is 0 Å². The molecule has 1 atom stereocenters. The zero-order chi connectivity index (χ0) is 12.0. The Morgan fingerprint density at radius 2 is 2.12 bits per heavy atom. The summed E-state index contributed by atoms with van der Waals surface area (Å²) in [4.78, 5) is 11.5. The van der Waals surface area contributed by atoms with Crippen molar-refractivity contribution in [1.82, 2.24) is 0 Å². The number of benzene rings is 1. The quantitative estimate of drug-likeness (QED) is 0.791. The first-order valence-corrected chi connectivity index (χ1v) is 4.94. The summed E-state index contributed by atoms with van der Waals surface area (Å²) >= 11 is 0. The summed E-state index contributed by atoms with van der Waals surface area (Å²) in [6, 6.07) is 4.89. The molecule has 0 saturated heterocycles. The number of amides is 1. The van der Waals surface area contributed by atoms with Crippen molar-refractivity contribution in [2.24, 2.45) is 5.73 Å². The summed E-state index contributed by atoms with van der Waals surface area (Å²) in [5, 5.41) is 2.59. The number of halogens is 1. The third kappa shape index (κ3) is 3.96. The maximum atomic E-state index is 12.6. The van der Waals surface area contributed by atoms with Gasteiger partial charge in [-0.3, -0.25) is 4.79 Å². The lowest BCUT2D eigenvalue weighted by Gasteiger charge is -2.11. The summed E-state index contributed by atoms with van der Waals surface area (Å²) in [5.41, 5.74) is 6.14. The van der Waals surface area contributed by atoms with E-state index in [1.807, 2.05) is 0 Å². The predicted octanol–water partition coefficient (Wildman–Crippen LogP) is 1.13. The molecule has 0 aliphatic heterocycles. The van der Waals surface area contributed by atoms with Crippen molar-refractivity contribution in [2.75, 3.05) is 19.0 Å². The third-order valence-corrected chi connectivity index (χ3v) is 2.08. The topological polar surface area (TPSA) is 64.3 Å². The second kappa shape index (κ2) is 6.19. The molecule has 1 unspecified atom stereocenters. The molecule has 4 nitrogen and oxygen atoms in total. The van der Waals surface area contributed by atoms with Gasteiger partial charge in [0.25, 0.3) is 0 Å². The van der Waals surface area contributed by atoms with Gasteiger partial charge in [0.1, 0.15) is 5.82 Å². The molecule has 1 aromatic carbocycles. The van der Waals surface area contributed by atoms with Crippen molar-refractivity contribution in [3.63, 3.8) is 0 Å². The SMILES string of the molecule is COCCC(N)C(=O)Nc1ccc(F)cc1. The smallest absolute Gasteiger partial charge is 0.241 e. The number of hydrogen-bond acceptors (Lipinski definition) is 3. The van der Waals surface area contributed by atoms with E-state index in [1.54, 1.807) is 7.11 Å². The standard InChI is InChI=1S/C11H15FN2O2/c1-16-7-6-10(13)11(15)14-9-4-2-8(12)3-5-9/h2-5,10H,6-7,13H2,1H3,(H,14,15). The van der Waals surface area contributed by atoms with Crippen LogP contribution in [-0.2, 0) is 9.53 Å². The average Bonchev–Trinajstić information content (AvgIpc) is 2.29. The number of carbonyl (C=O) groups excluding carboxylic acids is 1. The molecule has 0 fully saturated rings. The van der Waals surface area contributed by atoms with Crippen molar-refractivity contribution in [1.29, 1.82) is 0 Å². The van der Waals surface area contributed by atoms with Crippen LogP contribution in [0.4, 0.5) is 10.1 Å². The first-order valence-electron chi connectivity index (χ1n) is 4.94. The van der Waals surface area contributed by atoms with E-state index >= 15 is 0 Å². The molecule has 1 rings (SSSR count). The fourth-order valence-electron chi connectivity index (χ4n) is 1.14. The van der Waals surface area contributed by atoms with E-state index < -0.39 is 6.04 Å². The molecule has 16 heavy (non-hydrogen) atoms. The van der Waals surface area contributed by atoms with Gasteiger partial charge in [0.05, 0.1) is 6.04 Å². The second-order valence-corrected chi connectivity index (χ2v) is 3.38. The highest BCUT2D eigenvalue weighted by molar-refractivity contribution is 5.94. The van der Waals surface area contributed by atoms with Gasteiger partial charge in [-0.1, -0.05) is 0 Å². The van der Waals surface area contributed by atoms with E-state index in [0.717, 1.165) is 0 Å². The molecule has 0 aliphatic rings. The van der Waals surface area contributed by atoms with Gasteiger partial charge in [-0.2, -0.15) is 0 Å². The Morgan fingerprint density at radius 3 is 2.69 bits per heavy atom. The minimum Gasteiger partial charge on any atom is -0.385 e. The minimum absolute atomic E-state index is 0.302. The predicted molar refractivity (Wildman–Crippen MR) is 59.5 cm³/mol. The van der Waals surface area contributed by atoms with Crippen LogP contribution in [-0.4, -0.2) is 25.7 Å². The van der Waals surface area contributed by atoms with Gasteiger partial charge < -0.3 is 15.8 Å². The largest absolute Gasteiger partial charge is 0.385 e. The molecule has 0 bridgehead atoms. The maximum Gasteiger partial charge on any atom is 0.241 e. The molecule has 3 N–H and O–H groups in total. The van der Waals surface area contributed by atoms with Crippen molar-refractivity contribution in [2.45, 2.75) is 12.5 Å². The number of hydrogen-bond donors (Lipinski definition) is 2. The molecule has 0 saturated carbocycles. The van der Waals surface area contributed by atoms with Crippen molar-refractivity contribution >= 4 is 11.6 Å². The zero-order valence-electron chi connectivity index (χ0n) is 9.07. The van der Waals surface area contributed by atoms with Gasteiger partial charge in [-0.05, 0) is 30.7 Å². The van der Waals surface area contributed by atoms with Crippen molar-refractivity contribution in [3.05, 3.63) is 30.1 Å². The summed E-state index contributed by atoms with van der Waals surface area (Å²) in [5.74, 6) is -0.648. The molecule has 0 aliphatic carbocycles. The fraction of sp³-hybridized carbons (Fsp3) is 0.364. The molecule has 0 spiro atoms. The summed E-state index contributed by atoms with van der Waals surface area (Å²) in [6.45, 7) is 0.429. The number of rotatable bonds is 5. The lowest BCUT2D eigenvalue weighted by molar-refractivity contribution is -0.117. The molecule has 0 aromatic heterocycles. The Morgan fingerprint density at radius 1 is 1.50 bits per heavy atom. The average molecular weight is 226 g/mol. The monoisotopic (exact) mass is 226 g/mol. The lowest BCUT2D eigenvalue weighted by Crippen LogP contribution is -2.36. The summed E-state index contributed by atoms with van der Waals surface area (Å²) < 4.78 is 17.4. The number of anilines is 1. The van der Waals surface area contributed by atoms with Gasteiger partial charge in [0, 0.05) is 19.4 Å². The van der Waals surface area contributed by atoms with Crippen LogP contribution < -0.4 is 11.1 Å². The second-order valence-electron chi connectivity index (χ2n) is 3.38. The zero-order valence-corrected chi connectivity index (χ0v) is 9.07. The van der Waals surface area contributed by atoms with E-state index in [1.165, 1.54) is 24.3 Å². The van der Waals surface area contributed by atoms with Crippen molar-refractivity contribution < 1.29 is 13.9 Å². The van der Waals surface area contributed by atoms with E-state index in [9.17, 15) is 9.18 Å². The highest BCUT2D eigenvalue weighted by atomic mass is 19.1. The number of nitrogens with two attached hydrogens (primary N) is 1. The van der Waals surface area contributed by atoms with Crippen LogP contribution in [0.5, 0.6) is 0 Å². The number of ether oxygens (including phenoxy) is 1. The van der Waals surface area contributed by atoms with Crippen LogP contribution in [0.1, 0.15) is 6.42 Å². The number of nitrogens with one attached hydrogen (secondary N) is 1. The Kier molecular flexibility index (Phi) is 4.88. The molecular formula is C11H15FN2O2. The summed E-state index contributed by atoms with van der Waals surface area (Å²) in [7, 11) is 1.55. The van der Waals surface area contributed by atoms with E-state index in [0.29, 0.717) is 18.7 Å². The molecular weight excluding hydrogens is 211 g/mol. The Hall–Kier alpha value is -1.46. The van der Waals surface area contributed by atoms with E-state index in [2.05, 4.69) is 5.32 Å². The Balaban J connectivity index is 2.47. The van der Waals surface area contributed by atoms with Crippen LogP contribution in [0.2, 0.25) is 0 Å². The highest BCUT2D eigenvalue weighted by Crippen LogP contribution is 2.08. The molecule has 0 radical (unpaired) electrons. The fourth-order valence-corrected chi connectivity index (χ4v) is 1.14. The van der Waals surface area contributed by atoms with Gasteiger partial charge in [0.15, 0.2) is 0 Å². The maximum absolute atomic E-state index is 12.6. The van der Waals surface area contributed by atoms with Crippen molar-refractivity contribution in [3.8, 4) is 0 Å². The number of methoxy groups -OCH3 is 1. The van der Waals surface area contributed by atoms with Crippen LogP contribution in [0.3, 0.4) is 0 Å². The van der Waals surface area contributed by atoms with Crippen LogP contribution in [0.15, 0.2) is 24.3 Å². The molecule has 5 heteroatoms. The number of carbonyl (C=O) groups is 1. The molecule has 88 valence electrons. The summed E-state index contributed by atoms with van der Waals surface area (Å²) in [6.07, 6.45) is 0.448. The lowest BCUT2D eigenvalue weighted by atomic mass is 10.2. The normalized spacial score (nSPS) is 12.2. The van der Waals surface area contributed by atoms with Gasteiger partial charge in [-0.15, -0.1) is 0 Å². The van der Waals surface area contributed by atoms with Crippen LogP contribution >= 0.6 is 0 Å². The molecule has 1 amide bonds. The molecule has 1 aromatic rings. The molecule has 0 heterocycles.